The van der Waals surface area contributed by atoms with E-state index in [-0.39, 0.29) is 6.04 Å². The molecule has 3 aliphatic rings. The standard InChI is InChI=1S/C39H25N3S2/c1-20-22(16-17-24-23-8-3-7-13-31(23)44-38(20)24)21-14-15-26-32(18-21)43-33-19-27-36-39(41-29-11-5-4-10-28(29)40-36)42-30-12-6-2-9-25(30)35(34(26)33)37(27)42/h2-20,22,28,40H,1H3. The van der Waals surface area contributed by atoms with E-state index in [1.54, 1.807) is 0 Å². The molecule has 0 radical (unpaired) electrons. The molecule has 0 saturated heterocycles. The van der Waals surface area contributed by atoms with Gasteiger partial charge in [0, 0.05) is 57.7 Å². The quantitative estimate of drug-likeness (QED) is 0.200. The van der Waals surface area contributed by atoms with Gasteiger partial charge in [-0.15, -0.1) is 22.7 Å². The first-order valence-electron chi connectivity index (χ1n) is 15.3. The number of thiophene rings is 2. The number of para-hydroxylation sites is 1. The summed E-state index contributed by atoms with van der Waals surface area (Å²) in [4.78, 5) is 6.73. The summed E-state index contributed by atoms with van der Waals surface area (Å²) in [7, 11) is 0. The van der Waals surface area contributed by atoms with Crippen molar-refractivity contribution < 1.29 is 0 Å². The fraction of sp³-hybridized carbons (Fsp3) is 0.103. The van der Waals surface area contributed by atoms with Gasteiger partial charge in [0.05, 0.1) is 28.5 Å². The molecule has 44 heavy (non-hydrogen) atoms. The third-order valence-corrected chi connectivity index (χ3v) is 12.6. The molecule has 3 atom stereocenters. The Morgan fingerprint density at radius 1 is 0.750 bits per heavy atom. The summed E-state index contributed by atoms with van der Waals surface area (Å²) in [5, 5.41) is 11.8. The number of nitrogens with zero attached hydrogens (tertiary/aromatic N) is 2. The maximum Gasteiger partial charge on any atom is 0.162 e. The second kappa shape index (κ2) is 8.26. The largest absolute Gasteiger partial charge is 0.370 e. The van der Waals surface area contributed by atoms with Crippen LogP contribution in [-0.2, 0) is 0 Å². The van der Waals surface area contributed by atoms with Crippen molar-refractivity contribution in [3.8, 4) is 0 Å². The molecule has 3 unspecified atom stereocenters. The molecule has 1 aliphatic heterocycles. The highest BCUT2D eigenvalue weighted by Crippen LogP contribution is 2.52. The van der Waals surface area contributed by atoms with Crippen molar-refractivity contribution in [1.29, 1.82) is 0 Å². The van der Waals surface area contributed by atoms with Crippen LogP contribution in [0.25, 0.3) is 63.5 Å². The highest BCUT2D eigenvalue weighted by atomic mass is 32.1. The van der Waals surface area contributed by atoms with Crippen LogP contribution in [0.3, 0.4) is 0 Å². The van der Waals surface area contributed by atoms with Crippen molar-refractivity contribution in [2.75, 3.05) is 5.32 Å². The van der Waals surface area contributed by atoms with Crippen LogP contribution in [0.4, 0.5) is 11.5 Å². The topological polar surface area (TPSA) is 28.8 Å². The van der Waals surface area contributed by atoms with Crippen LogP contribution in [-0.4, -0.2) is 16.2 Å². The van der Waals surface area contributed by atoms with Crippen LogP contribution in [0.15, 0.2) is 108 Å². The van der Waals surface area contributed by atoms with Crippen molar-refractivity contribution >= 4 is 103 Å². The number of aliphatic imine (C=N–C) groups is 1. The minimum atomic E-state index is 0.109. The highest BCUT2D eigenvalue weighted by Gasteiger charge is 2.31. The maximum absolute atomic E-state index is 5.22. The lowest BCUT2D eigenvalue weighted by molar-refractivity contribution is 0.683. The first-order valence-corrected chi connectivity index (χ1v) is 16.9. The number of benzene rings is 4. The molecular formula is C39H25N3S2. The molecule has 4 aromatic carbocycles. The van der Waals surface area contributed by atoms with Gasteiger partial charge in [-0.05, 0) is 46.9 Å². The van der Waals surface area contributed by atoms with Gasteiger partial charge in [-0.2, -0.15) is 0 Å². The zero-order valence-corrected chi connectivity index (χ0v) is 25.5. The molecule has 0 amide bonds. The smallest absolute Gasteiger partial charge is 0.162 e. The second-order valence-corrected chi connectivity index (χ2v) is 14.5. The molecule has 5 heterocycles. The maximum atomic E-state index is 5.22. The fourth-order valence-electron chi connectivity index (χ4n) is 8.10. The monoisotopic (exact) mass is 599 g/mol. The predicted octanol–water partition coefficient (Wildman–Crippen LogP) is 11.2. The number of fused-ring (bicyclic) bond motifs is 14. The summed E-state index contributed by atoms with van der Waals surface area (Å²) >= 11 is 3.89. The van der Waals surface area contributed by atoms with Gasteiger partial charge < -0.3 is 5.32 Å². The lowest BCUT2D eigenvalue weighted by Crippen LogP contribution is -2.29. The molecular weight excluding hydrogens is 575 g/mol. The zero-order valence-electron chi connectivity index (χ0n) is 23.8. The van der Waals surface area contributed by atoms with Gasteiger partial charge in [-0.1, -0.05) is 85.8 Å². The molecule has 0 saturated carbocycles. The Bertz CT molecular complexity index is 2670. The molecule has 3 nitrogen and oxygen atoms in total. The number of hydrogen-bond acceptors (Lipinski definition) is 4. The highest BCUT2D eigenvalue weighted by molar-refractivity contribution is 7.26. The fourth-order valence-corrected chi connectivity index (χ4v) is 10.6. The molecule has 5 heteroatoms. The lowest BCUT2D eigenvalue weighted by Gasteiger charge is -2.25. The Labute approximate surface area is 261 Å². The van der Waals surface area contributed by atoms with Crippen LogP contribution < -0.4 is 5.32 Å². The second-order valence-electron chi connectivity index (χ2n) is 12.4. The van der Waals surface area contributed by atoms with Crippen LogP contribution in [0, 0.1) is 0 Å². The Hall–Kier alpha value is -4.71. The number of nitrogens with one attached hydrogen (secondary N) is 1. The Morgan fingerprint density at radius 3 is 2.59 bits per heavy atom. The first-order chi connectivity index (χ1) is 21.7. The molecule has 0 spiro atoms. The van der Waals surface area contributed by atoms with E-state index < -0.39 is 0 Å². The normalized spacial score (nSPS) is 20.7. The number of rotatable bonds is 1. The van der Waals surface area contributed by atoms with Crippen LogP contribution in [0.1, 0.15) is 34.8 Å². The molecule has 4 aromatic heterocycles. The average molecular weight is 600 g/mol. The minimum absolute atomic E-state index is 0.109. The van der Waals surface area contributed by atoms with E-state index in [1.807, 2.05) is 22.7 Å². The number of anilines is 1. The zero-order chi connectivity index (χ0) is 28.7. The summed E-state index contributed by atoms with van der Waals surface area (Å²) in [5.74, 6) is 1.82. The number of allylic oxidation sites excluding steroid dienone is 3. The lowest BCUT2D eigenvalue weighted by atomic mass is 9.80. The van der Waals surface area contributed by atoms with Crippen molar-refractivity contribution in [2.45, 2.75) is 24.8 Å². The van der Waals surface area contributed by atoms with E-state index in [2.05, 4.69) is 126 Å². The summed E-state index contributed by atoms with van der Waals surface area (Å²) < 4.78 is 6.48. The Kier molecular flexibility index (Phi) is 4.45. The molecule has 208 valence electrons. The first kappa shape index (κ1) is 23.7. The van der Waals surface area contributed by atoms with Gasteiger partial charge >= 0.3 is 0 Å². The summed E-state index contributed by atoms with van der Waals surface area (Å²) in [5.41, 5.74) is 7.52. The van der Waals surface area contributed by atoms with Crippen LogP contribution in [0.5, 0.6) is 0 Å². The van der Waals surface area contributed by atoms with Crippen LogP contribution in [0.2, 0.25) is 0 Å². The molecule has 0 fully saturated rings. The molecule has 1 N–H and O–H groups in total. The van der Waals surface area contributed by atoms with E-state index >= 15 is 0 Å². The number of hydrogen-bond donors (Lipinski definition) is 1. The number of aromatic nitrogens is 1. The van der Waals surface area contributed by atoms with E-state index in [1.165, 1.54) is 73.5 Å². The van der Waals surface area contributed by atoms with Gasteiger partial charge in [-0.25, -0.2) is 4.99 Å². The van der Waals surface area contributed by atoms with Gasteiger partial charge in [0.25, 0.3) is 0 Å². The van der Waals surface area contributed by atoms with Gasteiger partial charge in [0.2, 0.25) is 0 Å². The van der Waals surface area contributed by atoms with Gasteiger partial charge in [0.15, 0.2) is 5.82 Å². The predicted molar refractivity (Wildman–Crippen MR) is 191 cm³/mol. The Morgan fingerprint density at radius 2 is 1.64 bits per heavy atom. The van der Waals surface area contributed by atoms with E-state index in [0.29, 0.717) is 11.8 Å². The Balaban J connectivity index is 1.14. The van der Waals surface area contributed by atoms with E-state index in [4.69, 9.17) is 4.99 Å². The average Bonchev–Trinajstić information content (AvgIpc) is 3.80. The van der Waals surface area contributed by atoms with Gasteiger partial charge in [-0.3, -0.25) is 4.40 Å². The molecule has 8 aromatic rings. The van der Waals surface area contributed by atoms with Crippen molar-refractivity contribution in [3.05, 3.63) is 119 Å². The van der Waals surface area contributed by atoms with E-state index in [0.717, 1.165) is 17.2 Å². The molecule has 2 aliphatic carbocycles. The third kappa shape index (κ3) is 2.89. The van der Waals surface area contributed by atoms with Crippen LogP contribution >= 0.6 is 22.7 Å². The summed E-state index contributed by atoms with van der Waals surface area (Å²) in [6.45, 7) is 2.40. The summed E-state index contributed by atoms with van der Waals surface area (Å²) in [6.07, 6.45) is 13.3. The van der Waals surface area contributed by atoms with E-state index in [9.17, 15) is 0 Å². The third-order valence-electron chi connectivity index (χ3n) is 10.1. The summed E-state index contributed by atoms with van der Waals surface area (Å²) in [6, 6.07) is 27.5. The minimum Gasteiger partial charge on any atom is -0.370 e. The van der Waals surface area contributed by atoms with Crippen molar-refractivity contribution in [1.82, 2.24) is 4.40 Å². The van der Waals surface area contributed by atoms with Gasteiger partial charge in [0.1, 0.15) is 0 Å². The van der Waals surface area contributed by atoms with Crippen molar-refractivity contribution in [3.63, 3.8) is 0 Å². The SMILES string of the molecule is CC1c2sc3ccccc3c2C=CC1c1ccc2c(c1)sc1cc3c4c(n5c6ccccc6c(c12)c35)N=C1C=CC=CC1N4. The van der Waals surface area contributed by atoms with Crippen molar-refractivity contribution in [2.24, 2.45) is 4.99 Å². The molecule has 0 bridgehead atoms. The molecule has 11 rings (SSSR count).